The first-order valence-electron chi connectivity index (χ1n) is 6.19. The van der Waals surface area contributed by atoms with Gasteiger partial charge in [0.15, 0.2) is 0 Å². The average Bonchev–Trinajstić information content (AvgIpc) is 2.39. The van der Waals surface area contributed by atoms with Crippen molar-refractivity contribution in [2.24, 2.45) is 0 Å². The molecule has 0 aliphatic carbocycles. The summed E-state index contributed by atoms with van der Waals surface area (Å²) in [5.74, 6) is 1.13. The van der Waals surface area contributed by atoms with Gasteiger partial charge in [-0.3, -0.25) is 0 Å². The van der Waals surface area contributed by atoms with Crippen LogP contribution in [-0.4, -0.2) is 25.1 Å². The van der Waals surface area contributed by atoms with Gasteiger partial charge in [-0.25, -0.2) is 4.98 Å². The van der Waals surface area contributed by atoms with Gasteiger partial charge in [-0.2, -0.15) is 0 Å². The van der Waals surface area contributed by atoms with Crippen molar-refractivity contribution in [1.82, 2.24) is 10.3 Å². The first kappa shape index (κ1) is 11.4. The summed E-state index contributed by atoms with van der Waals surface area (Å²) in [6, 6.07) is 4.70. The number of nitrogens with one attached hydrogen (secondary N) is 1. The second-order valence-corrected chi connectivity index (χ2v) is 4.51. The van der Waals surface area contributed by atoms with E-state index in [1.165, 1.54) is 24.8 Å². The van der Waals surface area contributed by atoms with Gasteiger partial charge in [0.05, 0.1) is 0 Å². The lowest BCUT2D eigenvalue weighted by Gasteiger charge is -2.27. The van der Waals surface area contributed by atoms with E-state index in [0.717, 1.165) is 18.9 Å². The van der Waals surface area contributed by atoms with E-state index in [0.29, 0.717) is 6.04 Å². The van der Waals surface area contributed by atoms with Gasteiger partial charge in [-0.15, -0.1) is 0 Å². The van der Waals surface area contributed by atoms with Crippen molar-refractivity contribution in [2.45, 2.75) is 32.2 Å². The lowest BCUT2D eigenvalue weighted by atomic mass is 10.1. The van der Waals surface area contributed by atoms with Gasteiger partial charge in [0, 0.05) is 25.3 Å². The summed E-state index contributed by atoms with van der Waals surface area (Å²) < 4.78 is 0. The van der Waals surface area contributed by atoms with Crippen molar-refractivity contribution in [3.63, 3.8) is 0 Å². The monoisotopic (exact) mass is 219 g/mol. The largest absolute Gasteiger partial charge is 0.357 e. The molecule has 3 heteroatoms. The zero-order valence-corrected chi connectivity index (χ0v) is 10.2. The molecule has 0 spiro atoms. The van der Waals surface area contributed by atoms with Gasteiger partial charge >= 0.3 is 0 Å². The molecule has 1 aromatic rings. The van der Waals surface area contributed by atoms with Crippen molar-refractivity contribution < 1.29 is 0 Å². The van der Waals surface area contributed by atoms with E-state index in [1.54, 1.807) is 0 Å². The van der Waals surface area contributed by atoms with Crippen LogP contribution in [0, 0.1) is 0 Å². The summed E-state index contributed by atoms with van der Waals surface area (Å²) in [7, 11) is 1.98. The van der Waals surface area contributed by atoms with E-state index in [9.17, 15) is 0 Å². The maximum atomic E-state index is 4.56. The van der Waals surface area contributed by atoms with Crippen molar-refractivity contribution in [1.29, 1.82) is 0 Å². The molecule has 2 heterocycles. The minimum absolute atomic E-state index is 0.378. The predicted molar refractivity (Wildman–Crippen MR) is 67.8 cm³/mol. The van der Waals surface area contributed by atoms with E-state index in [1.807, 2.05) is 13.2 Å². The Morgan fingerprint density at radius 2 is 2.00 bits per heavy atom. The third-order valence-electron chi connectivity index (χ3n) is 3.38. The molecule has 1 fully saturated rings. The molecule has 2 rings (SSSR count). The summed E-state index contributed by atoms with van der Waals surface area (Å²) in [4.78, 5) is 6.94. The molecule has 1 atom stereocenters. The molecule has 1 N–H and O–H groups in total. The molecule has 1 aliphatic rings. The molecule has 0 amide bonds. The maximum absolute atomic E-state index is 4.56. The lowest BCUT2D eigenvalue weighted by molar-refractivity contribution is 0.572. The van der Waals surface area contributed by atoms with E-state index < -0.39 is 0 Å². The normalized spacial score (nSPS) is 18.5. The quantitative estimate of drug-likeness (QED) is 0.846. The second kappa shape index (κ2) is 5.30. The van der Waals surface area contributed by atoms with Crippen LogP contribution in [0.3, 0.4) is 0 Å². The third-order valence-corrected chi connectivity index (χ3v) is 3.38. The number of rotatable bonds is 3. The van der Waals surface area contributed by atoms with Crippen molar-refractivity contribution in [3.05, 3.63) is 23.9 Å². The molecule has 0 radical (unpaired) electrons. The molecule has 1 saturated heterocycles. The summed E-state index contributed by atoms with van der Waals surface area (Å²) in [6.07, 6.45) is 5.96. The fraction of sp³-hybridized carbons (Fsp3) is 0.615. The predicted octanol–water partition coefficient (Wildman–Crippen LogP) is 2.35. The molecular formula is C13H21N3. The third kappa shape index (κ3) is 2.53. The van der Waals surface area contributed by atoms with Crippen molar-refractivity contribution in [3.8, 4) is 0 Å². The molecule has 0 bridgehead atoms. The highest BCUT2D eigenvalue weighted by molar-refractivity contribution is 5.40. The number of aromatic nitrogens is 1. The first-order chi connectivity index (χ1) is 7.81. The summed E-state index contributed by atoms with van der Waals surface area (Å²) in [5.41, 5.74) is 1.25. The standard InChI is InChI=1S/C13H21N3/c1-11(14-2)12-6-7-13(15-10-12)16-8-4-3-5-9-16/h6-7,10-11,14H,3-5,8-9H2,1-2H3. The SMILES string of the molecule is CNC(C)c1ccc(N2CCCCC2)nc1. The highest BCUT2D eigenvalue weighted by Crippen LogP contribution is 2.19. The van der Waals surface area contributed by atoms with Gasteiger partial charge in [0.2, 0.25) is 0 Å². The van der Waals surface area contributed by atoms with E-state index >= 15 is 0 Å². The number of hydrogen-bond acceptors (Lipinski definition) is 3. The fourth-order valence-corrected chi connectivity index (χ4v) is 2.13. The Labute approximate surface area is 97.9 Å². The number of piperidine rings is 1. The Morgan fingerprint density at radius 3 is 2.56 bits per heavy atom. The van der Waals surface area contributed by atoms with Crippen LogP contribution in [0.1, 0.15) is 37.8 Å². The van der Waals surface area contributed by atoms with Crippen LogP contribution in [0.15, 0.2) is 18.3 Å². The van der Waals surface area contributed by atoms with Crippen LogP contribution in [0.2, 0.25) is 0 Å². The van der Waals surface area contributed by atoms with Crippen LogP contribution in [0.5, 0.6) is 0 Å². The molecule has 1 unspecified atom stereocenters. The zero-order chi connectivity index (χ0) is 11.4. The maximum Gasteiger partial charge on any atom is 0.128 e. The molecule has 88 valence electrons. The van der Waals surface area contributed by atoms with Crippen LogP contribution < -0.4 is 10.2 Å². The Hall–Kier alpha value is -1.09. The molecule has 1 aliphatic heterocycles. The van der Waals surface area contributed by atoms with E-state index in [4.69, 9.17) is 0 Å². The summed E-state index contributed by atoms with van der Waals surface area (Å²) in [6.45, 7) is 4.47. The van der Waals surface area contributed by atoms with E-state index in [-0.39, 0.29) is 0 Å². The smallest absolute Gasteiger partial charge is 0.128 e. The highest BCUT2D eigenvalue weighted by Gasteiger charge is 2.12. The van der Waals surface area contributed by atoms with Gasteiger partial charge in [0.25, 0.3) is 0 Å². The lowest BCUT2D eigenvalue weighted by Crippen LogP contribution is -2.30. The summed E-state index contributed by atoms with van der Waals surface area (Å²) in [5, 5.41) is 3.23. The van der Waals surface area contributed by atoms with Crippen LogP contribution in [0.4, 0.5) is 5.82 Å². The highest BCUT2D eigenvalue weighted by atomic mass is 15.2. The molecule has 0 saturated carbocycles. The molecule has 16 heavy (non-hydrogen) atoms. The number of nitrogens with zero attached hydrogens (tertiary/aromatic N) is 2. The number of pyridine rings is 1. The van der Waals surface area contributed by atoms with Crippen LogP contribution in [-0.2, 0) is 0 Å². The second-order valence-electron chi connectivity index (χ2n) is 4.51. The van der Waals surface area contributed by atoms with Crippen LogP contribution >= 0.6 is 0 Å². The Balaban J connectivity index is 2.06. The van der Waals surface area contributed by atoms with Gasteiger partial charge in [-0.1, -0.05) is 6.07 Å². The topological polar surface area (TPSA) is 28.2 Å². The average molecular weight is 219 g/mol. The molecular weight excluding hydrogens is 198 g/mol. The minimum atomic E-state index is 0.378. The Bertz CT molecular complexity index is 314. The number of anilines is 1. The van der Waals surface area contributed by atoms with Crippen molar-refractivity contribution >= 4 is 5.82 Å². The molecule has 1 aromatic heterocycles. The Kier molecular flexibility index (Phi) is 3.78. The Morgan fingerprint density at radius 1 is 1.25 bits per heavy atom. The van der Waals surface area contributed by atoms with Gasteiger partial charge in [0.1, 0.15) is 5.82 Å². The number of hydrogen-bond donors (Lipinski definition) is 1. The van der Waals surface area contributed by atoms with Crippen molar-refractivity contribution in [2.75, 3.05) is 25.0 Å². The fourth-order valence-electron chi connectivity index (χ4n) is 2.13. The summed E-state index contributed by atoms with van der Waals surface area (Å²) >= 11 is 0. The van der Waals surface area contributed by atoms with Gasteiger partial charge < -0.3 is 10.2 Å². The minimum Gasteiger partial charge on any atom is -0.357 e. The first-order valence-corrected chi connectivity index (χ1v) is 6.19. The molecule has 0 aromatic carbocycles. The molecule has 3 nitrogen and oxygen atoms in total. The van der Waals surface area contributed by atoms with Gasteiger partial charge in [-0.05, 0) is 44.9 Å². The van der Waals surface area contributed by atoms with E-state index in [2.05, 4.69) is 34.3 Å². The zero-order valence-electron chi connectivity index (χ0n) is 10.2. The van der Waals surface area contributed by atoms with Crippen LogP contribution in [0.25, 0.3) is 0 Å².